The zero-order chi connectivity index (χ0) is 15.6. The monoisotopic (exact) mass is 291 g/mol. The van der Waals surface area contributed by atoms with Gasteiger partial charge >= 0.3 is 0 Å². The maximum Gasteiger partial charge on any atom is 0.122 e. The van der Waals surface area contributed by atoms with Crippen LogP contribution in [0.2, 0.25) is 0 Å². The molecule has 4 heteroatoms. The third-order valence-electron chi connectivity index (χ3n) is 4.51. The van der Waals surface area contributed by atoms with Crippen molar-refractivity contribution in [2.24, 2.45) is 0 Å². The molecule has 0 amide bonds. The minimum atomic E-state index is 0.164. The summed E-state index contributed by atoms with van der Waals surface area (Å²) in [5, 5.41) is 13.4. The highest BCUT2D eigenvalue weighted by Gasteiger charge is 2.26. The number of anilines is 1. The fourth-order valence-electron chi connectivity index (χ4n) is 2.89. The average Bonchev–Trinajstić information content (AvgIpc) is 2.45. The second-order valence-electron chi connectivity index (χ2n) is 6.90. The molecule has 1 aromatic carbocycles. The van der Waals surface area contributed by atoms with Crippen molar-refractivity contribution < 1.29 is 5.11 Å². The van der Waals surface area contributed by atoms with Crippen molar-refractivity contribution in [3.63, 3.8) is 0 Å². The molecule has 0 spiro atoms. The number of hydrogen-bond donors (Lipinski definition) is 2. The number of piperazine rings is 1. The summed E-state index contributed by atoms with van der Waals surface area (Å²) >= 11 is 0. The van der Waals surface area contributed by atoms with Gasteiger partial charge in [-0.15, -0.1) is 0 Å². The van der Waals surface area contributed by atoms with Crippen LogP contribution in [0.15, 0.2) is 18.2 Å². The Balaban J connectivity index is 2.06. The van der Waals surface area contributed by atoms with Crippen LogP contribution in [0.1, 0.15) is 39.3 Å². The molecule has 1 saturated heterocycles. The summed E-state index contributed by atoms with van der Waals surface area (Å²) in [7, 11) is 1.91. The van der Waals surface area contributed by atoms with Crippen LogP contribution in [-0.4, -0.2) is 48.8 Å². The zero-order valence-electron chi connectivity index (χ0n) is 14.0. The molecule has 118 valence electrons. The Hall–Kier alpha value is -1.26. The van der Waals surface area contributed by atoms with Crippen LogP contribution < -0.4 is 10.2 Å². The second kappa shape index (κ2) is 6.24. The number of aromatic hydroxyl groups is 1. The van der Waals surface area contributed by atoms with Gasteiger partial charge in [0.15, 0.2) is 0 Å². The molecule has 2 N–H and O–H groups in total. The van der Waals surface area contributed by atoms with E-state index in [0.717, 1.165) is 37.4 Å². The molecule has 0 aliphatic carbocycles. The SMILES string of the molecule is CNC(C)c1ccc(N2CCN(C(C)(C)C)CC2)cc1O. The quantitative estimate of drug-likeness (QED) is 0.898. The van der Waals surface area contributed by atoms with Crippen LogP contribution in [-0.2, 0) is 0 Å². The van der Waals surface area contributed by atoms with E-state index in [0.29, 0.717) is 5.75 Å². The first kappa shape index (κ1) is 16.1. The van der Waals surface area contributed by atoms with Gasteiger partial charge in [0.1, 0.15) is 5.75 Å². The van der Waals surface area contributed by atoms with E-state index >= 15 is 0 Å². The Bertz CT molecular complexity index is 473. The molecule has 0 radical (unpaired) electrons. The topological polar surface area (TPSA) is 38.7 Å². The number of phenolic OH excluding ortho intramolecular Hbond substituents is 1. The van der Waals surface area contributed by atoms with Crippen LogP contribution in [0.25, 0.3) is 0 Å². The molecule has 0 saturated carbocycles. The van der Waals surface area contributed by atoms with Gasteiger partial charge in [-0.25, -0.2) is 0 Å². The number of nitrogens with zero attached hydrogens (tertiary/aromatic N) is 2. The van der Waals surface area contributed by atoms with Gasteiger partial charge in [0.05, 0.1) is 0 Å². The molecular formula is C17H29N3O. The van der Waals surface area contributed by atoms with Gasteiger partial charge in [0, 0.05) is 55.1 Å². The molecule has 0 bridgehead atoms. The van der Waals surface area contributed by atoms with Gasteiger partial charge < -0.3 is 15.3 Å². The van der Waals surface area contributed by atoms with Gasteiger partial charge in [-0.2, -0.15) is 0 Å². The third-order valence-corrected chi connectivity index (χ3v) is 4.51. The molecule has 0 aromatic heterocycles. The highest BCUT2D eigenvalue weighted by molar-refractivity contribution is 5.54. The van der Waals surface area contributed by atoms with Crippen molar-refractivity contribution in [3.05, 3.63) is 23.8 Å². The maximum atomic E-state index is 10.2. The van der Waals surface area contributed by atoms with Crippen molar-refractivity contribution in [1.29, 1.82) is 0 Å². The number of hydrogen-bond acceptors (Lipinski definition) is 4. The van der Waals surface area contributed by atoms with Crippen molar-refractivity contribution in [2.75, 3.05) is 38.1 Å². The highest BCUT2D eigenvalue weighted by atomic mass is 16.3. The zero-order valence-corrected chi connectivity index (χ0v) is 14.0. The van der Waals surface area contributed by atoms with E-state index in [1.807, 2.05) is 19.2 Å². The first-order valence-corrected chi connectivity index (χ1v) is 7.83. The molecule has 1 unspecified atom stereocenters. The van der Waals surface area contributed by atoms with Crippen molar-refractivity contribution in [3.8, 4) is 5.75 Å². The summed E-state index contributed by atoms with van der Waals surface area (Å²) in [5.74, 6) is 0.382. The first-order valence-electron chi connectivity index (χ1n) is 7.83. The lowest BCUT2D eigenvalue weighted by Crippen LogP contribution is -2.53. The molecule has 1 atom stereocenters. The van der Waals surface area contributed by atoms with E-state index in [-0.39, 0.29) is 11.6 Å². The van der Waals surface area contributed by atoms with Crippen LogP contribution in [0, 0.1) is 0 Å². The Morgan fingerprint density at radius 3 is 2.24 bits per heavy atom. The van der Waals surface area contributed by atoms with Crippen LogP contribution in [0.4, 0.5) is 5.69 Å². The summed E-state index contributed by atoms with van der Waals surface area (Å²) in [4.78, 5) is 4.87. The molecule has 1 aliphatic heterocycles. The third kappa shape index (κ3) is 3.69. The average molecular weight is 291 g/mol. The van der Waals surface area contributed by atoms with E-state index in [1.165, 1.54) is 0 Å². The Morgan fingerprint density at radius 1 is 1.14 bits per heavy atom. The lowest BCUT2D eigenvalue weighted by molar-refractivity contribution is 0.128. The molecule has 1 heterocycles. The molecule has 1 aliphatic rings. The fourth-order valence-corrected chi connectivity index (χ4v) is 2.89. The first-order chi connectivity index (χ1) is 9.82. The summed E-state index contributed by atoms with van der Waals surface area (Å²) in [6.45, 7) is 13.0. The van der Waals surface area contributed by atoms with E-state index in [2.05, 4.69) is 48.9 Å². The number of benzene rings is 1. The minimum Gasteiger partial charge on any atom is -0.508 e. The molecule has 1 fully saturated rings. The van der Waals surface area contributed by atoms with Crippen molar-refractivity contribution in [2.45, 2.75) is 39.3 Å². The number of phenols is 1. The van der Waals surface area contributed by atoms with Gasteiger partial charge in [-0.1, -0.05) is 6.07 Å². The lowest BCUT2D eigenvalue weighted by atomic mass is 10.0. The van der Waals surface area contributed by atoms with Gasteiger partial charge in [-0.05, 0) is 40.8 Å². The summed E-state index contributed by atoms with van der Waals surface area (Å²) in [6.07, 6.45) is 0. The van der Waals surface area contributed by atoms with Crippen LogP contribution in [0.3, 0.4) is 0 Å². The van der Waals surface area contributed by atoms with E-state index in [4.69, 9.17) is 0 Å². The second-order valence-corrected chi connectivity index (χ2v) is 6.90. The Labute approximate surface area is 128 Å². The maximum absolute atomic E-state index is 10.2. The van der Waals surface area contributed by atoms with E-state index in [9.17, 15) is 5.11 Å². The standard InChI is InChI=1S/C17H29N3O/c1-13(18-5)15-7-6-14(12-16(15)21)19-8-10-20(11-9-19)17(2,3)4/h6-7,12-13,18,21H,8-11H2,1-5H3. The van der Waals surface area contributed by atoms with Crippen molar-refractivity contribution >= 4 is 5.69 Å². The lowest BCUT2D eigenvalue weighted by Gasteiger charge is -2.43. The fraction of sp³-hybridized carbons (Fsp3) is 0.647. The van der Waals surface area contributed by atoms with E-state index in [1.54, 1.807) is 0 Å². The minimum absolute atomic E-state index is 0.164. The predicted molar refractivity (Wildman–Crippen MR) is 89.1 cm³/mol. The van der Waals surface area contributed by atoms with Crippen molar-refractivity contribution in [1.82, 2.24) is 10.2 Å². The van der Waals surface area contributed by atoms with Gasteiger partial charge in [0.2, 0.25) is 0 Å². The summed E-state index contributed by atoms with van der Waals surface area (Å²) < 4.78 is 0. The molecule has 21 heavy (non-hydrogen) atoms. The van der Waals surface area contributed by atoms with Gasteiger partial charge in [-0.3, -0.25) is 4.90 Å². The van der Waals surface area contributed by atoms with Gasteiger partial charge in [0.25, 0.3) is 0 Å². The molecule has 1 aromatic rings. The summed E-state index contributed by atoms with van der Waals surface area (Å²) in [5.41, 5.74) is 2.31. The number of rotatable bonds is 3. The number of nitrogens with one attached hydrogen (secondary N) is 1. The predicted octanol–water partition coefficient (Wildman–Crippen LogP) is 2.59. The Kier molecular flexibility index (Phi) is 4.79. The molecular weight excluding hydrogens is 262 g/mol. The smallest absolute Gasteiger partial charge is 0.122 e. The normalized spacial score (nSPS) is 18.8. The molecule has 2 rings (SSSR count). The van der Waals surface area contributed by atoms with Crippen LogP contribution >= 0.6 is 0 Å². The highest BCUT2D eigenvalue weighted by Crippen LogP contribution is 2.30. The van der Waals surface area contributed by atoms with E-state index < -0.39 is 0 Å². The Morgan fingerprint density at radius 2 is 1.76 bits per heavy atom. The van der Waals surface area contributed by atoms with Crippen LogP contribution in [0.5, 0.6) is 5.75 Å². The largest absolute Gasteiger partial charge is 0.508 e. The molecule has 4 nitrogen and oxygen atoms in total. The summed E-state index contributed by atoms with van der Waals surface area (Å²) in [6, 6.07) is 6.21.